The highest BCUT2D eigenvalue weighted by molar-refractivity contribution is 5.82. The summed E-state index contributed by atoms with van der Waals surface area (Å²) in [5.41, 5.74) is 2.98. The quantitative estimate of drug-likeness (QED) is 0.864. The highest BCUT2D eigenvalue weighted by Crippen LogP contribution is 2.17. The van der Waals surface area contributed by atoms with E-state index in [0.717, 1.165) is 29.7 Å². The van der Waals surface area contributed by atoms with Crippen molar-refractivity contribution in [3.05, 3.63) is 41.5 Å². The third-order valence-corrected chi connectivity index (χ3v) is 2.49. The van der Waals surface area contributed by atoms with Crippen LogP contribution in [0, 0.1) is 6.92 Å². The average molecular weight is 233 g/mol. The van der Waals surface area contributed by atoms with E-state index in [1.54, 1.807) is 0 Å². The second-order valence-corrected chi connectivity index (χ2v) is 3.84. The molecule has 0 radical (unpaired) electrons. The van der Waals surface area contributed by atoms with Crippen LogP contribution < -0.4 is 5.32 Å². The van der Waals surface area contributed by atoms with E-state index in [1.165, 1.54) is 7.11 Å². The van der Waals surface area contributed by atoms with Gasteiger partial charge in [0.2, 0.25) is 0 Å². The summed E-state index contributed by atoms with van der Waals surface area (Å²) in [6, 6.07) is 7.95. The minimum atomic E-state index is -0.435. The van der Waals surface area contributed by atoms with Crippen LogP contribution in [0.2, 0.25) is 0 Å². The lowest BCUT2D eigenvalue weighted by Gasteiger charge is -2.11. The minimum absolute atomic E-state index is 0.435. The summed E-state index contributed by atoms with van der Waals surface area (Å²) in [4.78, 5) is 11.3. The van der Waals surface area contributed by atoms with Crippen molar-refractivity contribution in [3.63, 3.8) is 0 Å². The summed E-state index contributed by atoms with van der Waals surface area (Å²) in [5, 5.41) is 2.76. The van der Waals surface area contributed by atoms with Crippen LogP contribution in [0.1, 0.15) is 30.9 Å². The van der Waals surface area contributed by atoms with E-state index < -0.39 is 6.09 Å². The SMILES string of the molecule is CCC/C=C(/NC(=O)OC)c1ccccc1C. The Kier molecular flexibility index (Phi) is 5.27. The van der Waals surface area contributed by atoms with Gasteiger partial charge < -0.3 is 4.74 Å². The standard InChI is InChI=1S/C14H19NO2/c1-4-5-10-13(15-14(16)17-3)12-9-7-6-8-11(12)2/h6-10H,4-5H2,1-3H3,(H,15,16)/b13-10+. The average Bonchev–Trinajstić information content (AvgIpc) is 2.35. The number of carbonyl (C=O) groups excluding carboxylic acids is 1. The second-order valence-electron chi connectivity index (χ2n) is 3.84. The van der Waals surface area contributed by atoms with Gasteiger partial charge in [0.05, 0.1) is 7.11 Å². The number of carbonyl (C=O) groups is 1. The van der Waals surface area contributed by atoms with E-state index in [1.807, 2.05) is 37.3 Å². The first kappa shape index (κ1) is 13.3. The van der Waals surface area contributed by atoms with E-state index in [-0.39, 0.29) is 0 Å². The number of methoxy groups -OCH3 is 1. The fourth-order valence-electron chi connectivity index (χ4n) is 1.55. The van der Waals surface area contributed by atoms with Crippen LogP contribution in [-0.4, -0.2) is 13.2 Å². The Morgan fingerprint density at radius 2 is 2.12 bits per heavy atom. The molecule has 0 spiro atoms. The molecule has 0 aliphatic carbocycles. The van der Waals surface area contributed by atoms with Gasteiger partial charge in [-0.1, -0.05) is 43.7 Å². The summed E-state index contributed by atoms with van der Waals surface area (Å²) in [6.45, 7) is 4.12. The lowest BCUT2D eigenvalue weighted by Crippen LogP contribution is -2.21. The number of allylic oxidation sites excluding steroid dienone is 1. The number of unbranched alkanes of at least 4 members (excludes halogenated alkanes) is 1. The zero-order valence-electron chi connectivity index (χ0n) is 10.6. The zero-order valence-corrected chi connectivity index (χ0v) is 10.6. The third-order valence-electron chi connectivity index (χ3n) is 2.49. The highest BCUT2D eigenvalue weighted by Gasteiger charge is 2.08. The molecule has 1 aromatic carbocycles. The van der Waals surface area contributed by atoms with E-state index in [0.29, 0.717) is 0 Å². The van der Waals surface area contributed by atoms with Crippen molar-refractivity contribution in [2.45, 2.75) is 26.7 Å². The van der Waals surface area contributed by atoms with E-state index in [2.05, 4.69) is 17.0 Å². The number of rotatable bonds is 4. The van der Waals surface area contributed by atoms with Crippen LogP contribution in [0.15, 0.2) is 30.3 Å². The molecule has 0 aromatic heterocycles. The van der Waals surface area contributed by atoms with Gasteiger partial charge in [-0.15, -0.1) is 0 Å². The van der Waals surface area contributed by atoms with Crippen LogP contribution in [0.25, 0.3) is 5.70 Å². The molecule has 1 rings (SSSR count). The first-order chi connectivity index (χ1) is 8.19. The number of amides is 1. The van der Waals surface area contributed by atoms with E-state index in [9.17, 15) is 4.79 Å². The van der Waals surface area contributed by atoms with Gasteiger partial charge in [0.25, 0.3) is 0 Å². The van der Waals surface area contributed by atoms with Crippen LogP contribution in [0.4, 0.5) is 4.79 Å². The van der Waals surface area contributed by atoms with Crippen LogP contribution in [0.5, 0.6) is 0 Å². The minimum Gasteiger partial charge on any atom is -0.453 e. The van der Waals surface area contributed by atoms with Crippen molar-refractivity contribution in [2.75, 3.05) is 7.11 Å². The topological polar surface area (TPSA) is 38.3 Å². The smallest absolute Gasteiger partial charge is 0.411 e. The van der Waals surface area contributed by atoms with Crippen molar-refractivity contribution < 1.29 is 9.53 Å². The maximum absolute atomic E-state index is 11.3. The fraction of sp³-hybridized carbons (Fsp3) is 0.357. The Morgan fingerprint density at radius 3 is 2.71 bits per heavy atom. The first-order valence-corrected chi connectivity index (χ1v) is 5.80. The predicted octanol–water partition coefficient (Wildman–Crippen LogP) is 3.49. The van der Waals surface area contributed by atoms with Crippen molar-refractivity contribution in [3.8, 4) is 0 Å². The zero-order chi connectivity index (χ0) is 12.7. The maximum atomic E-state index is 11.3. The number of alkyl carbamates (subject to hydrolysis) is 1. The van der Waals surface area contributed by atoms with Gasteiger partial charge in [0.1, 0.15) is 0 Å². The summed E-state index contributed by atoms with van der Waals surface area (Å²) >= 11 is 0. The second kappa shape index (κ2) is 6.74. The Bertz CT molecular complexity index is 410. The molecule has 0 bridgehead atoms. The highest BCUT2D eigenvalue weighted by atomic mass is 16.5. The number of benzene rings is 1. The summed E-state index contributed by atoms with van der Waals surface area (Å²) < 4.78 is 4.63. The normalized spacial score (nSPS) is 11.1. The molecular weight excluding hydrogens is 214 g/mol. The molecule has 0 atom stereocenters. The Morgan fingerprint density at radius 1 is 1.41 bits per heavy atom. The van der Waals surface area contributed by atoms with Crippen molar-refractivity contribution in [2.24, 2.45) is 0 Å². The number of aryl methyl sites for hydroxylation is 1. The van der Waals surface area contributed by atoms with Crippen LogP contribution >= 0.6 is 0 Å². The third kappa shape index (κ3) is 3.94. The Balaban J connectivity index is 2.98. The van der Waals surface area contributed by atoms with Crippen LogP contribution in [-0.2, 0) is 4.74 Å². The number of hydrogen-bond acceptors (Lipinski definition) is 2. The van der Waals surface area contributed by atoms with Crippen molar-refractivity contribution >= 4 is 11.8 Å². The maximum Gasteiger partial charge on any atom is 0.411 e. The largest absolute Gasteiger partial charge is 0.453 e. The first-order valence-electron chi connectivity index (χ1n) is 5.80. The molecule has 0 heterocycles. The number of hydrogen-bond donors (Lipinski definition) is 1. The van der Waals surface area contributed by atoms with E-state index in [4.69, 9.17) is 0 Å². The van der Waals surface area contributed by atoms with Gasteiger partial charge in [0, 0.05) is 11.3 Å². The molecule has 0 fully saturated rings. The summed E-state index contributed by atoms with van der Waals surface area (Å²) in [5.74, 6) is 0. The summed E-state index contributed by atoms with van der Waals surface area (Å²) in [7, 11) is 1.37. The molecule has 0 aliphatic rings. The predicted molar refractivity (Wildman–Crippen MR) is 69.6 cm³/mol. The molecule has 0 unspecified atom stereocenters. The van der Waals surface area contributed by atoms with Gasteiger partial charge in [-0.25, -0.2) is 4.79 Å². The lowest BCUT2D eigenvalue weighted by atomic mass is 10.0. The molecular formula is C14H19NO2. The molecule has 0 saturated heterocycles. The number of ether oxygens (including phenoxy) is 1. The fourth-order valence-corrected chi connectivity index (χ4v) is 1.55. The summed E-state index contributed by atoms with van der Waals surface area (Å²) in [6.07, 6.45) is 3.56. The lowest BCUT2D eigenvalue weighted by molar-refractivity contribution is 0.176. The van der Waals surface area contributed by atoms with Crippen molar-refractivity contribution in [1.82, 2.24) is 5.32 Å². The van der Waals surface area contributed by atoms with Gasteiger partial charge in [-0.3, -0.25) is 5.32 Å². The van der Waals surface area contributed by atoms with Gasteiger partial charge >= 0.3 is 6.09 Å². The van der Waals surface area contributed by atoms with Gasteiger partial charge in [-0.2, -0.15) is 0 Å². The molecule has 0 saturated carbocycles. The van der Waals surface area contributed by atoms with Gasteiger partial charge in [0.15, 0.2) is 0 Å². The van der Waals surface area contributed by atoms with Gasteiger partial charge in [-0.05, 0) is 18.9 Å². The molecule has 1 amide bonds. The molecule has 1 aromatic rings. The Hall–Kier alpha value is -1.77. The molecule has 1 N–H and O–H groups in total. The molecule has 3 heteroatoms. The Labute approximate surface area is 102 Å². The molecule has 17 heavy (non-hydrogen) atoms. The number of nitrogens with one attached hydrogen (secondary N) is 1. The molecule has 92 valence electrons. The molecule has 0 aliphatic heterocycles. The van der Waals surface area contributed by atoms with Crippen molar-refractivity contribution in [1.29, 1.82) is 0 Å². The monoisotopic (exact) mass is 233 g/mol. The molecule has 3 nitrogen and oxygen atoms in total. The van der Waals surface area contributed by atoms with E-state index >= 15 is 0 Å². The van der Waals surface area contributed by atoms with Crippen LogP contribution in [0.3, 0.4) is 0 Å².